The van der Waals surface area contributed by atoms with Crippen LogP contribution in [0.2, 0.25) is 0 Å². The molecule has 0 aliphatic carbocycles. The second kappa shape index (κ2) is 8.04. The Morgan fingerprint density at radius 2 is 2.03 bits per heavy atom. The normalized spacial score (nSPS) is 20.4. The Balaban J connectivity index is 1.60. The number of nitro groups is 1. The molecule has 2 fully saturated rings. The standard InChI is InChI=1S/C20H17N3O5S2/c1-2-28-19(25)12-6-8-14(9-7-12)21-17(24)16-11-30-18(22(16)20(21)29)13-4-3-5-15(10-13)23(26)27/h3-10,16,18H,2,11H2,1H3/t16-,18-/m1/s1. The second-order valence-corrected chi connectivity index (χ2v) is 8.16. The van der Waals surface area contributed by atoms with Gasteiger partial charge in [-0.25, -0.2) is 4.79 Å². The average molecular weight is 444 g/mol. The summed E-state index contributed by atoms with van der Waals surface area (Å²) in [5, 5.41) is 11.2. The van der Waals surface area contributed by atoms with E-state index in [9.17, 15) is 19.7 Å². The monoisotopic (exact) mass is 443 g/mol. The van der Waals surface area contributed by atoms with E-state index in [0.717, 1.165) is 5.56 Å². The first-order valence-corrected chi connectivity index (χ1v) is 10.7. The summed E-state index contributed by atoms with van der Waals surface area (Å²) in [7, 11) is 0. The predicted molar refractivity (Wildman–Crippen MR) is 116 cm³/mol. The van der Waals surface area contributed by atoms with Gasteiger partial charge in [0.25, 0.3) is 11.6 Å². The third kappa shape index (κ3) is 3.41. The van der Waals surface area contributed by atoms with Gasteiger partial charge in [0.2, 0.25) is 0 Å². The Kier molecular flexibility index (Phi) is 5.44. The maximum Gasteiger partial charge on any atom is 0.338 e. The zero-order chi connectivity index (χ0) is 21.4. The molecule has 0 saturated carbocycles. The number of amides is 1. The summed E-state index contributed by atoms with van der Waals surface area (Å²) in [4.78, 5) is 38.9. The van der Waals surface area contributed by atoms with Crippen molar-refractivity contribution in [1.82, 2.24) is 4.90 Å². The highest BCUT2D eigenvalue weighted by atomic mass is 32.2. The van der Waals surface area contributed by atoms with Gasteiger partial charge in [-0.1, -0.05) is 12.1 Å². The largest absolute Gasteiger partial charge is 0.462 e. The molecule has 2 aliphatic rings. The second-order valence-electron chi connectivity index (χ2n) is 6.68. The van der Waals surface area contributed by atoms with Crippen molar-refractivity contribution in [3.8, 4) is 0 Å². The predicted octanol–water partition coefficient (Wildman–Crippen LogP) is 3.52. The van der Waals surface area contributed by atoms with Gasteiger partial charge in [-0.2, -0.15) is 0 Å². The van der Waals surface area contributed by atoms with Gasteiger partial charge in [0, 0.05) is 17.9 Å². The number of thiocarbonyl (C=S) groups is 1. The average Bonchev–Trinajstić information content (AvgIpc) is 3.29. The summed E-state index contributed by atoms with van der Waals surface area (Å²) >= 11 is 7.15. The molecule has 0 aromatic heterocycles. The molecule has 0 N–H and O–H groups in total. The van der Waals surface area contributed by atoms with E-state index in [1.807, 2.05) is 4.90 Å². The van der Waals surface area contributed by atoms with Crippen LogP contribution in [0.15, 0.2) is 48.5 Å². The highest BCUT2D eigenvalue weighted by molar-refractivity contribution is 7.99. The van der Waals surface area contributed by atoms with Crippen LogP contribution in [0.3, 0.4) is 0 Å². The molecule has 2 aliphatic heterocycles. The fourth-order valence-electron chi connectivity index (χ4n) is 3.54. The molecule has 2 atom stereocenters. The molecule has 8 nitrogen and oxygen atoms in total. The van der Waals surface area contributed by atoms with Gasteiger partial charge in [0.1, 0.15) is 11.4 Å². The van der Waals surface area contributed by atoms with Crippen molar-refractivity contribution in [3.05, 3.63) is 69.8 Å². The van der Waals surface area contributed by atoms with Gasteiger partial charge < -0.3 is 9.64 Å². The van der Waals surface area contributed by atoms with Crippen LogP contribution in [0.25, 0.3) is 0 Å². The Hall–Kier alpha value is -2.98. The lowest BCUT2D eigenvalue weighted by Crippen LogP contribution is -2.33. The molecule has 2 aromatic carbocycles. The first-order chi connectivity index (χ1) is 14.4. The molecule has 0 unspecified atom stereocenters. The number of nitrogens with zero attached hydrogens (tertiary/aromatic N) is 3. The molecule has 10 heteroatoms. The number of rotatable bonds is 5. The van der Waals surface area contributed by atoms with Crippen molar-refractivity contribution in [3.63, 3.8) is 0 Å². The smallest absolute Gasteiger partial charge is 0.338 e. The number of carbonyl (C=O) groups is 2. The number of non-ortho nitro benzene ring substituents is 1. The van der Waals surface area contributed by atoms with Crippen LogP contribution >= 0.6 is 24.0 Å². The van der Waals surface area contributed by atoms with E-state index >= 15 is 0 Å². The highest BCUT2D eigenvalue weighted by Crippen LogP contribution is 2.46. The van der Waals surface area contributed by atoms with Gasteiger partial charge in [-0.15, -0.1) is 11.8 Å². The number of thioether (sulfide) groups is 1. The summed E-state index contributed by atoms with van der Waals surface area (Å²) in [6.07, 6.45) is 0. The van der Waals surface area contributed by atoms with E-state index in [0.29, 0.717) is 22.1 Å². The number of benzene rings is 2. The first-order valence-electron chi connectivity index (χ1n) is 9.21. The van der Waals surface area contributed by atoms with Gasteiger partial charge in [-0.3, -0.25) is 19.8 Å². The van der Waals surface area contributed by atoms with Gasteiger partial charge in [0.05, 0.1) is 22.8 Å². The molecule has 0 bridgehead atoms. The minimum absolute atomic E-state index is 0.000554. The molecule has 1 amide bonds. The molecule has 4 rings (SSSR count). The van der Waals surface area contributed by atoms with E-state index in [4.69, 9.17) is 17.0 Å². The third-order valence-electron chi connectivity index (χ3n) is 4.92. The number of fused-ring (bicyclic) bond motifs is 1. The summed E-state index contributed by atoms with van der Waals surface area (Å²) in [5.41, 5.74) is 1.68. The summed E-state index contributed by atoms with van der Waals surface area (Å²) in [6, 6.07) is 12.5. The van der Waals surface area contributed by atoms with E-state index in [1.54, 1.807) is 43.3 Å². The number of ether oxygens (including phenoxy) is 1. The van der Waals surface area contributed by atoms with Crippen LogP contribution in [-0.2, 0) is 9.53 Å². The van der Waals surface area contributed by atoms with Crippen molar-refractivity contribution >= 4 is 52.3 Å². The third-order valence-corrected chi connectivity index (χ3v) is 6.64. The van der Waals surface area contributed by atoms with E-state index < -0.39 is 16.9 Å². The van der Waals surface area contributed by atoms with Gasteiger partial charge in [0.15, 0.2) is 5.11 Å². The fourth-order valence-corrected chi connectivity index (χ4v) is 5.45. The number of esters is 1. The lowest BCUT2D eigenvalue weighted by atomic mass is 10.1. The number of carbonyl (C=O) groups excluding carboxylic acids is 2. The number of anilines is 1. The van der Waals surface area contributed by atoms with Crippen molar-refractivity contribution in [2.75, 3.05) is 17.3 Å². The topological polar surface area (TPSA) is 93.0 Å². The zero-order valence-electron chi connectivity index (χ0n) is 15.9. The minimum atomic E-state index is -0.439. The number of nitro benzene ring substituents is 1. The maximum absolute atomic E-state index is 13.1. The lowest BCUT2D eigenvalue weighted by molar-refractivity contribution is -0.384. The molecular formula is C20H17N3O5S2. The minimum Gasteiger partial charge on any atom is -0.462 e. The van der Waals surface area contributed by atoms with Crippen molar-refractivity contribution in [1.29, 1.82) is 0 Å². The summed E-state index contributed by atoms with van der Waals surface area (Å²) in [5.74, 6) is -0.0459. The lowest BCUT2D eigenvalue weighted by Gasteiger charge is -2.25. The van der Waals surface area contributed by atoms with E-state index in [1.165, 1.54) is 28.8 Å². The van der Waals surface area contributed by atoms with E-state index in [2.05, 4.69) is 0 Å². The van der Waals surface area contributed by atoms with Crippen LogP contribution in [0.4, 0.5) is 11.4 Å². The molecular weight excluding hydrogens is 426 g/mol. The van der Waals surface area contributed by atoms with Crippen LogP contribution in [0, 0.1) is 10.1 Å². The summed E-state index contributed by atoms with van der Waals surface area (Å²) < 4.78 is 4.98. The summed E-state index contributed by atoms with van der Waals surface area (Å²) in [6.45, 7) is 2.01. The molecule has 2 aromatic rings. The van der Waals surface area contributed by atoms with Crippen molar-refractivity contribution in [2.24, 2.45) is 0 Å². The zero-order valence-corrected chi connectivity index (χ0v) is 17.5. The molecule has 0 spiro atoms. The Labute approximate surface area is 181 Å². The van der Waals surface area contributed by atoms with Crippen LogP contribution in [0.1, 0.15) is 28.2 Å². The Morgan fingerprint density at radius 1 is 1.30 bits per heavy atom. The van der Waals surface area contributed by atoms with Crippen LogP contribution < -0.4 is 4.90 Å². The molecule has 2 heterocycles. The molecule has 154 valence electrons. The van der Waals surface area contributed by atoms with Crippen molar-refractivity contribution in [2.45, 2.75) is 18.3 Å². The maximum atomic E-state index is 13.1. The molecule has 30 heavy (non-hydrogen) atoms. The Bertz CT molecular complexity index is 1040. The van der Waals surface area contributed by atoms with E-state index in [-0.39, 0.29) is 23.6 Å². The van der Waals surface area contributed by atoms with Crippen molar-refractivity contribution < 1.29 is 19.2 Å². The quantitative estimate of drug-likeness (QED) is 0.300. The van der Waals surface area contributed by atoms with Gasteiger partial charge >= 0.3 is 5.97 Å². The molecule has 2 saturated heterocycles. The molecule has 0 radical (unpaired) electrons. The number of hydrogen-bond donors (Lipinski definition) is 0. The Morgan fingerprint density at radius 3 is 2.70 bits per heavy atom. The highest BCUT2D eigenvalue weighted by Gasteiger charge is 2.51. The van der Waals surface area contributed by atoms with Gasteiger partial charge in [-0.05, 0) is 49.0 Å². The van der Waals surface area contributed by atoms with Crippen LogP contribution in [-0.4, -0.2) is 45.2 Å². The SMILES string of the molecule is CCOC(=O)c1ccc(N2C(=O)[C@H]3CS[C@H](c4cccc([N+](=O)[O-])c4)N3C2=S)cc1. The van der Waals surface area contributed by atoms with Crippen LogP contribution in [0.5, 0.6) is 0 Å². The fraction of sp³-hybridized carbons (Fsp3) is 0.250. The first kappa shape index (κ1) is 20.3. The number of hydrogen-bond acceptors (Lipinski definition) is 7.